The highest BCUT2D eigenvalue weighted by Crippen LogP contribution is 2.26. The maximum absolute atomic E-state index is 5.63. The number of nitrogens with zero attached hydrogens (tertiary/aromatic N) is 2. The van der Waals surface area contributed by atoms with Crippen LogP contribution in [-0.2, 0) is 0 Å². The first-order chi connectivity index (χ1) is 10.7. The summed E-state index contributed by atoms with van der Waals surface area (Å²) in [5.74, 6) is 1.47. The van der Waals surface area contributed by atoms with E-state index in [0.29, 0.717) is 17.9 Å². The maximum atomic E-state index is 5.63. The van der Waals surface area contributed by atoms with Gasteiger partial charge in [-0.3, -0.25) is 0 Å². The van der Waals surface area contributed by atoms with Gasteiger partial charge in [0.05, 0.1) is 0 Å². The molecule has 5 nitrogen and oxygen atoms in total. The molecule has 0 saturated heterocycles. The molecule has 3 aromatic rings. The Hall–Kier alpha value is -2.53. The molecule has 0 aliphatic heterocycles. The van der Waals surface area contributed by atoms with Crippen LogP contribution in [-0.4, -0.2) is 37.1 Å². The number of hydrogen-bond acceptors (Lipinski definition) is 5. The molecule has 0 amide bonds. The Morgan fingerprint density at radius 3 is 2.45 bits per heavy atom. The van der Waals surface area contributed by atoms with Crippen LogP contribution < -0.4 is 9.47 Å². The Kier molecular flexibility index (Phi) is 4.25. The van der Waals surface area contributed by atoms with E-state index >= 15 is 0 Å². The van der Waals surface area contributed by atoms with Crippen molar-refractivity contribution in [2.45, 2.75) is 0 Å². The van der Waals surface area contributed by atoms with Crippen molar-refractivity contribution in [3.05, 3.63) is 48.5 Å². The predicted molar refractivity (Wildman–Crippen MR) is 84.6 cm³/mol. The first-order valence-corrected chi connectivity index (χ1v) is 7.12. The normalized spacial score (nSPS) is 11.0. The molecule has 0 bridgehead atoms. The first kappa shape index (κ1) is 14.4. The highest BCUT2D eigenvalue weighted by Gasteiger charge is 2.07. The van der Waals surface area contributed by atoms with Crippen molar-refractivity contribution in [3.8, 4) is 17.6 Å². The molecule has 114 valence electrons. The van der Waals surface area contributed by atoms with Crippen LogP contribution in [0.5, 0.6) is 17.6 Å². The van der Waals surface area contributed by atoms with Crippen molar-refractivity contribution in [1.82, 2.24) is 9.88 Å². The summed E-state index contributed by atoms with van der Waals surface area (Å²) in [4.78, 5) is 6.35. The standard InChI is InChI=1S/C17H18N2O3/c1-19(2)11-12-20-13-7-9-14(10-8-13)21-17-18-15-5-3-4-6-16(15)22-17/h3-10H,11-12H2,1-2H3. The van der Waals surface area contributed by atoms with Crippen LogP contribution in [0.1, 0.15) is 0 Å². The van der Waals surface area contributed by atoms with Crippen molar-refractivity contribution in [2.75, 3.05) is 27.2 Å². The van der Waals surface area contributed by atoms with Gasteiger partial charge in [-0.1, -0.05) is 12.1 Å². The first-order valence-electron chi connectivity index (χ1n) is 7.12. The third-order valence-electron chi connectivity index (χ3n) is 3.11. The molecule has 22 heavy (non-hydrogen) atoms. The summed E-state index contributed by atoms with van der Waals surface area (Å²) >= 11 is 0. The second-order valence-electron chi connectivity index (χ2n) is 5.17. The summed E-state index contributed by atoms with van der Waals surface area (Å²) < 4.78 is 16.8. The van der Waals surface area contributed by atoms with Crippen molar-refractivity contribution in [3.63, 3.8) is 0 Å². The second kappa shape index (κ2) is 6.49. The summed E-state index contributed by atoms with van der Waals surface area (Å²) in [5.41, 5.74) is 1.49. The minimum atomic E-state index is 0.238. The van der Waals surface area contributed by atoms with E-state index < -0.39 is 0 Å². The lowest BCUT2D eigenvalue weighted by Crippen LogP contribution is -2.19. The van der Waals surface area contributed by atoms with E-state index in [9.17, 15) is 0 Å². The van der Waals surface area contributed by atoms with Gasteiger partial charge in [-0.15, -0.1) is 0 Å². The monoisotopic (exact) mass is 298 g/mol. The molecule has 3 rings (SSSR count). The van der Waals surface area contributed by atoms with Crippen LogP contribution in [0.2, 0.25) is 0 Å². The van der Waals surface area contributed by atoms with Gasteiger partial charge in [0.15, 0.2) is 5.58 Å². The van der Waals surface area contributed by atoms with E-state index in [1.54, 1.807) is 0 Å². The molecular formula is C17H18N2O3. The largest absolute Gasteiger partial charge is 0.492 e. The smallest absolute Gasteiger partial charge is 0.400 e. The minimum Gasteiger partial charge on any atom is -0.492 e. The van der Waals surface area contributed by atoms with Crippen LogP contribution >= 0.6 is 0 Å². The topological polar surface area (TPSA) is 47.7 Å². The van der Waals surface area contributed by atoms with Crippen LogP contribution in [0.4, 0.5) is 0 Å². The average molecular weight is 298 g/mol. The molecule has 2 aromatic carbocycles. The molecule has 1 aromatic heterocycles. The minimum absolute atomic E-state index is 0.238. The molecule has 0 aliphatic rings. The van der Waals surface area contributed by atoms with Crippen molar-refractivity contribution in [2.24, 2.45) is 0 Å². The predicted octanol–water partition coefficient (Wildman–Crippen LogP) is 3.56. The number of hydrogen-bond donors (Lipinski definition) is 0. The fraction of sp³-hybridized carbons (Fsp3) is 0.235. The van der Waals surface area contributed by atoms with E-state index in [-0.39, 0.29) is 6.08 Å². The van der Waals surface area contributed by atoms with Gasteiger partial charge in [0, 0.05) is 6.54 Å². The quantitative estimate of drug-likeness (QED) is 0.696. The molecule has 0 unspecified atom stereocenters. The summed E-state index contributed by atoms with van der Waals surface area (Å²) in [6, 6.07) is 15.0. The lowest BCUT2D eigenvalue weighted by molar-refractivity contribution is 0.261. The maximum Gasteiger partial charge on any atom is 0.400 e. The van der Waals surface area contributed by atoms with Gasteiger partial charge in [-0.25, -0.2) is 0 Å². The molecular weight excluding hydrogens is 280 g/mol. The van der Waals surface area contributed by atoms with E-state index in [1.165, 1.54) is 0 Å². The molecule has 0 atom stereocenters. The van der Waals surface area contributed by atoms with Gasteiger partial charge in [0.2, 0.25) is 0 Å². The molecule has 0 spiro atoms. The Balaban J connectivity index is 1.63. The van der Waals surface area contributed by atoms with Gasteiger partial charge in [-0.2, -0.15) is 4.98 Å². The zero-order chi connectivity index (χ0) is 15.4. The molecule has 0 N–H and O–H groups in total. The Bertz CT molecular complexity index is 702. The molecule has 0 fully saturated rings. The van der Waals surface area contributed by atoms with Crippen molar-refractivity contribution < 1.29 is 13.9 Å². The highest BCUT2D eigenvalue weighted by atomic mass is 16.6. The summed E-state index contributed by atoms with van der Waals surface area (Å²) in [7, 11) is 4.03. The van der Waals surface area contributed by atoms with Crippen LogP contribution in [0.3, 0.4) is 0 Å². The number of rotatable bonds is 6. The summed E-state index contributed by atoms with van der Waals surface area (Å²) in [6.45, 7) is 1.53. The lowest BCUT2D eigenvalue weighted by atomic mass is 10.3. The van der Waals surface area contributed by atoms with Gasteiger partial charge in [0.1, 0.15) is 23.6 Å². The van der Waals surface area contributed by atoms with Gasteiger partial charge >= 0.3 is 6.08 Å². The number of fused-ring (bicyclic) bond motifs is 1. The molecule has 0 saturated carbocycles. The zero-order valence-electron chi connectivity index (χ0n) is 12.7. The number of benzene rings is 2. The van der Waals surface area contributed by atoms with Crippen LogP contribution in [0, 0.1) is 0 Å². The number of likely N-dealkylation sites (N-methyl/N-ethyl adjacent to an activating group) is 1. The fourth-order valence-electron chi connectivity index (χ4n) is 1.95. The molecule has 1 heterocycles. The third-order valence-corrected chi connectivity index (χ3v) is 3.11. The average Bonchev–Trinajstić information content (AvgIpc) is 2.91. The Labute approximate surface area is 129 Å². The second-order valence-corrected chi connectivity index (χ2v) is 5.17. The van der Waals surface area contributed by atoms with Gasteiger partial charge < -0.3 is 18.8 Å². The molecule has 0 radical (unpaired) electrons. The number of aromatic nitrogens is 1. The van der Waals surface area contributed by atoms with Crippen molar-refractivity contribution in [1.29, 1.82) is 0 Å². The number of ether oxygens (including phenoxy) is 2. The lowest BCUT2D eigenvalue weighted by Gasteiger charge is -2.11. The number of oxazole rings is 1. The summed E-state index contributed by atoms with van der Waals surface area (Å²) in [5, 5.41) is 0. The third kappa shape index (κ3) is 3.56. The number of para-hydroxylation sites is 2. The SMILES string of the molecule is CN(C)CCOc1ccc(Oc2nc3ccccc3o2)cc1. The molecule has 0 aliphatic carbocycles. The molecule has 5 heteroatoms. The van der Waals surface area contributed by atoms with E-state index in [2.05, 4.69) is 9.88 Å². The van der Waals surface area contributed by atoms with Gasteiger partial charge in [-0.05, 0) is 50.5 Å². The van der Waals surface area contributed by atoms with E-state index in [4.69, 9.17) is 13.9 Å². The zero-order valence-corrected chi connectivity index (χ0v) is 12.7. The van der Waals surface area contributed by atoms with E-state index in [0.717, 1.165) is 17.8 Å². The van der Waals surface area contributed by atoms with Gasteiger partial charge in [0.25, 0.3) is 0 Å². The van der Waals surface area contributed by atoms with Crippen LogP contribution in [0.25, 0.3) is 11.1 Å². The van der Waals surface area contributed by atoms with Crippen molar-refractivity contribution >= 4 is 11.1 Å². The highest BCUT2D eigenvalue weighted by molar-refractivity contribution is 5.72. The fourth-order valence-corrected chi connectivity index (χ4v) is 1.95. The summed E-state index contributed by atoms with van der Waals surface area (Å²) in [6.07, 6.45) is 0.238. The Morgan fingerprint density at radius 1 is 1.00 bits per heavy atom. The van der Waals surface area contributed by atoms with Crippen LogP contribution in [0.15, 0.2) is 52.9 Å². The Morgan fingerprint density at radius 2 is 1.73 bits per heavy atom. The van der Waals surface area contributed by atoms with E-state index in [1.807, 2.05) is 62.6 Å².